The lowest BCUT2D eigenvalue weighted by Crippen LogP contribution is -2.20. The summed E-state index contributed by atoms with van der Waals surface area (Å²) in [6.07, 6.45) is 3.59. The molecule has 0 fully saturated rings. The summed E-state index contributed by atoms with van der Waals surface area (Å²) in [6, 6.07) is 14.7. The summed E-state index contributed by atoms with van der Waals surface area (Å²) in [6.45, 7) is 0. The maximum absolute atomic E-state index is 13.9. The Labute approximate surface area is 195 Å². The van der Waals surface area contributed by atoms with Crippen LogP contribution in [0.25, 0.3) is 20.9 Å². The molecule has 0 spiro atoms. The number of anilines is 2. The van der Waals surface area contributed by atoms with Crippen molar-refractivity contribution >= 4 is 39.6 Å². The molecule has 1 aliphatic heterocycles. The van der Waals surface area contributed by atoms with Gasteiger partial charge in [0.05, 0.1) is 23.2 Å². The molecule has 5 nitrogen and oxygen atoms in total. The van der Waals surface area contributed by atoms with Crippen molar-refractivity contribution in [1.29, 1.82) is 0 Å². The molecular formula is C24H17F2N3O2S2. The van der Waals surface area contributed by atoms with Crippen LogP contribution < -0.4 is 9.62 Å². The molecule has 5 rings (SSSR count). The molecule has 0 saturated carbocycles. The Bertz CT molecular complexity index is 1420. The average molecular weight is 482 g/mol. The molecule has 0 saturated heterocycles. The van der Waals surface area contributed by atoms with Gasteiger partial charge in [-0.3, -0.25) is 14.5 Å². The SMILES string of the molecule is CN1C(=O)Cc2cc(-c3ccc(-c4cncc(NS(=O)c5ccc(F)cc5F)c4)s3)ccc21. The molecule has 1 aliphatic rings. The van der Waals surface area contributed by atoms with Gasteiger partial charge in [-0.2, -0.15) is 0 Å². The highest BCUT2D eigenvalue weighted by Crippen LogP contribution is 2.38. The molecule has 33 heavy (non-hydrogen) atoms. The third kappa shape index (κ3) is 4.17. The number of thiophene rings is 1. The van der Waals surface area contributed by atoms with Crippen LogP contribution in [0.3, 0.4) is 0 Å². The van der Waals surface area contributed by atoms with Crippen LogP contribution in [-0.4, -0.2) is 22.1 Å². The molecule has 0 radical (unpaired) electrons. The van der Waals surface area contributed by atoms with E-state index in [1.807, 2.05) is 30.3 Å². The van der Waals surface area contributed by atoms with Gasteiger partial charge in [-0.05, 0) is 53.6 Å². The molecule has 1 atom stereocenters. The lowest BCUT2D eigenvalue weighted by Gasteiger charge is -2.10. The number of hydrogen-bond donors (Lipinski definition) is 1. The van der Waals surface area contributed by atoms with Crippen molar-refractivity contribution < 1.29 is 17.8 Å². The van der Waals surface area contributed by atoms with Gasteiger partial charge >= 0.3 is 0 Å². The Balaban J connectivity index is 1.38. The lowest BCUT2D eigenvalue weighted by atomic mass is 10.1. The zero-order valence-electron chi connectivity index (χ0n) is 17.3. The highest BCUT2D eigenvalue weighted by Gasteiger charge is 2.24. The first-order valence-electron chi connectivity index (χ1n) is 9.97. The number of rotatable bonds is 5. The summed E-state index contributed by atoms with van der Waals surface area (Å²) in [5.41, 5.74) is 4.24. The fourth-order valence-corrected chi connectivity index (χ4v) is 5.54. The van der Waals surface area contributed by atoms with Crippen LogP contribution in [-0.2, 0) is 22.2 Å². The molecule has 1 N–H and O–H groups in total. The highest BCUT2D eigenvalue weighted by atomic mass is 32.2. The number of likely N-dealkylation sites (N-methyl/N-ethyl adjacent to an activating group) is 1. The van der Waals surface area contributed by atoms with Crippen molar-refractivity contribution in [2.24, 2.45) is 0 Å². The largest absolute Gasteiger partial charge is 0.315 e. The smallest absolute Gasteiger partial charge is 0.231 e. The maximum Gasteiger partial charge on any atom is 0.231 e. The first-order chi connectivity index (χ1) is 15.9. The van der Waals surface area contributed by atoms with Crippen molar-refractivity contribution in [1.82, 2.24) is 4.98 Å². The molecule has 1 unspecified atom stereocenters. The number of nitrogens with one attached hydrogen (secondary N) is 1. The Hall–Kier alpha value is -3.43. The number of amides is 1. The zero-order valence-corrected chi connectivity index (χ0v) is 19.0. The minimum atomic E-state index is -1.91. The van der Waals surface area contributed by atoms with Crippen LogP contribution in [0.2, 0.25) is 0 Å². The maximum atomic E-state index is 13.9. The van der Waals surface area contributed by atoms with Gasteiger partial charge < -0.3 is 4.90 Å². The van der Waals surface area contributed by atoms with Gasteiger partial charge in [0, 0.05) is 40.3 Å². The van der Waals surface area contributed by atoms with Crippen molar-refractivity contribution in [2.45, 2.75) is 11.3 Å². The van der Waals surface area contributed by atoms with Gasteiger partial charge in [0.25, 0.3) is 0 Å². The van der Waals surface area contributed by atoms with E-state index in [-0.39, 0.29) is 10.8 Å². The van der Waals surface area contributed by atoms with Crippen LogP contribution in [0.1, 0.15) is 5.56 Å². The predicted molar refractivity (Wildman–Crippen MR) is 126 cm³/mol. The second kappa shape index (κ2) is 8.49. The van der Waals surface area contributed by atoms with Crippen LogP contribution >= 0.6 is 11.3 Å². The summed E-state index contributed by atoms with van der Waals surface area (Å²) in [7, 11) is -0.129. The minimum Gasteiger partial charge on any atom is -0.315 e. The van der Waals surface area contributed by atoms with Crippen molar-refractivity contribution in [2.75, 3.05) is 16.7 Å². The van der Waals surface area contributed by atoms with Crippen molar-refractivity contribution in [3.63, 3.8) is 0 Å². The molecule has 0 aliphatic carbocycles. The van der Waals surface area contributed by atoms with Crippen molar-refractivity contribution in [3.05, 3.63) is 84.2 Å². The quantitative estimate of drug-likeness (QED) is 0.415. The van der Waals surface area contributed by atoms with Gasteiger partial charge in [0.2, 0.25) is 5.91 Å². The summed E-state index contributed by atoms with van der Waals surface area (Å²) in [4.78, 5) is 19.7. The molecular weight excluding hydrogens is 464 g/mol. The lowest BCUT2D eigenvalue weighted by molar-refractivity contribution is -0.117. The standard InChI is InChI=1S/C24H17F2N3O2S2/c1-29-20-4-2-14(8-15(20)10-24(29)30)21-5-6-22(32-21)16-9-18(13-27-12-16)28-33(31)23-7-3-17(25)11-19(23)26/h2-9,11-13,28H,10H2,1H3. The third-order valence-corrected chi connectivity index (χ3v) is 7.71. The van der Waals surface area contributed by atoms with E-state index in [1.54, 1.807) is 35.5 Å². The number of halogens is 2. The van der Waals surface area contributed by atoms with Crippen LogP contribution in [0.15, 0.2) is 71.9 Å². The number of benzene rings is 2. The van der Waals surface area contributed by atoms with E-state index >= 15 is 0 Å². The summed E-state index contributed by atoms with van der Waals surface area (Å²) >= 11 is 1.57. The minimum absolute atomic E-state index is 0.0855. The van der Waals surface area contributed by atoms with E-state index in [0.717, 1.165) is 44.3 Å². The summed E-state index contributed by atoms with van der Waals surface area (Å²) < 4.78 is 42.3. The first-order valence-corrected chi connectivity index (χ1v) is 11.9. The van der Waals surface area contributed by atoms with Crippen LogP contribution in [0.5, 0.6) is 0 Å². The molecule has 9 heteroatoms. The fourth-order valence-electron chi connectivity index (χ4n) is 3.69. The Morgan fingerprint density at radius 3 is 2.58 bits per heavy atom. The topological polar surface area (TPSA) is 62.3 Å². The van der Waals surface area contributed by atoms with Crippen molar-refractivity contribution in [3.8, 4) is 20.9 Å². The Kier molecular flexibility index (Phi) is 5.51. The third-order valence-electron chi connectivity index (χ3n) is 5.37. The fraction of sp³-hybridized carbons (Fsp3) is 0.0833. The van der Waals surface area contributed by atoms with E-state index in [0.29, 0.717) is 18.2 Å². The van der Waals surface area contributed by atoms with E-state index in [1.165, 1.54) is 6.20 Å². The molecule has 3 heterocycles. The molecule has 4 aromatic rings. The van der Waals surface area contributed by atoms with Gasteiger partial charge in [-0.15, -0.1) is 11.3 Å². The first kappa shape index (κ1) is 21.4. The number of hydrogen-bond acceptors (Lipinski definition) is 4. The number of fused-ring (bicyclic) bond motifs is 1. The zero-order chi connectivity index (χ0) is 23.1. The van der Waals surface area contributed by atoms with E-state index < -0.39 is 22.6 Å². The number of carbonyl (C=O) groups is 1. The van der Waals surface area contributed by atoms with E-state index in [9.17, 15) is 17.8 Å². The number of nitrogens with zero attached hydrogens (tertiary/aromatic N) is 2. The number of aromatic nitrogens is 1. The van der Waals surface area contributed by atoms with E-state index in [4.69, 9.17) is 0 Å². The summed E-state index contributed by atoms with van der Waals surface area (Å²) in [5, 5.41) is 0. The second-order valence-electron chi connectivity index (χ2n) is 7.54. The summed E-state index contributed by atoms with van der Waals surface area (Å²) in [5.74, 6) is -1.52. The molecule has 166 valence electrons. The molecule has 0 bridgehead atoms. The highest BCUT2D eigenvalue weighted by molar-refractivity contribution is 7.86. The average Bonchev–Trinajstić information content (AvgIpc) is 3.39. The predicted octanol–water partition coefficient (Wildman–Crippen LogP) is 5.41. The number of carbonyl (C=O) groups excluding carboxylic acids is 1. The molecule has 2 aromatic heterocycles. The van der Waals surface area contributed by atoms with Gasteiger partial charge in [0.1, 0.15) is 11.6 Å². The van der Waals surface area contributed by atoms with E-state index in [2.05, 4.69) is 9.71 Å². The Morgan fingerprint density at radius 2 is 1.79 bits per heavy atom. The Morgan fingerprint density at radius 1 is 1.00 bits per heavy atom. The normalized spacial score (nSPS) is 13.8. The van der Waals surface area contributed by atoms with Gasteiger partial charge in [0.15, 0.2) is 11.0 Å². The van der Waals surface area contributed by atoms with Crippen LogP contribution in [0.4, 0.5) is 20.2 Å². The molecule has 1 amide bonds. The van der Waals surface area contributed by atoms with Crippen LogP contribution in [0, 0.1) is 11.6 Å². The van der Waals surface area contributed by atoms with Gasteiger partial charge in [-0.25, -0.2) is 13.0 Å². The monoisotopic (exact) mass is 481 g/mol. The van der Waals surface area contributed by atoms with Gasteiger partial charge in [-0.1, -0.05) is 6.07 Å². The molecule has 2 aromatic carbocycles. The number of pyridine rings is 1. The second-order valence-corrected chi connectivity index (χ2v) is 9.81.